The lowest BCUT2D eigenvalue weighted by molar-refractivity contribution is 0.0224. The minimum Gasteiger partial charge on any atom is -0.0847 e. The maximum absolute atomic E-state index is 2.70. The molecule has 0 spiro atoms. The van der Waals surface area contributed by atoms with Crippen molar-refractivity contribution < 1.29 is 0 Å². The van der Waals surface area contributed by atoms with Gasteiger partial charge in [-0.2, -0.15) is 0 Å². The van der Waals surface area contributed by atoms with Crippen molar-refractivity contribution in [2.24, 2.45) is 29.6 Å². The first-order chi connectivity index (χ1) is 8.93. The molecule has 0 aromatic carbocycles. The Balaban J connectivity index is 1.59. The number of fused-ring (bicyclic) bond motifs is 5. The highest BCUT2D eigenvalue weighted by molar-refractivity contribution is 5.17. The van der Waals surface area contributed by atoms with Crippen molar-refractivity contribution in [3.05, 3.63) is 11.6 Å². The zero-order valence-corrected chi connectivity index (χ0v) is 11.7. The second kappa shape index (κ2) is 4.69. The molecule has 100 valence electrons. The van der Waals surface area contributed by atoms with Crippen LogP contribution in [-0.2, 0) is 0 Å². The standard InChI is InChI=1S/C18H28/c1-3-7-15-13(5-1)9-11-18-16-8-4-2-6-14(16)10-12-17(15)18/h9,14-18H,1-8,10-12H2. The van der Waals surface area contributed by atoms with Crippen molar-refractivity contribution in [1.82, 2.24) is 0 Å². The molecule has 0 heterocycles. The molecule has 0 N–H and O–H groups in total. The smallest absolute Gasteiger partial charge is 0.0172 e. The molecular formula is C18H28. The number of hydrogen-bond acceptors (Lipinski definition) is 0. The summed E-state index contributed by atoms with van der Waals surface area (Å²) in [6.45, 7) is 0. The SMILES string of the molecule is C1=C2CCCCC2C2CCC3CCCCC3C2C1. The van der Waals surface area contributed by atoms with E-state index in [9.17, 15) is 0 Å². The average Bonchev–Trinajstić information content (AvgIpc) is 2.46. The molecule has 0 aromatic heterocycles. The van der Waals surface area contributed by atoms with Crippen LogP contribution in [0.5, 0.6) is 0 Å². The second-order valence-electron chi connectivity index (χ2n) is 7.48. The zero-order chi connectivity index (χ0) is 11.9. The Morgan fingerprint density at radius 3 is 2.61 bits per heavy atom. The molecule has 0 aromatic rings. The van der Waals surface area contributed by atoms with E-state index in [4.69, 9.17) is 0 Å². The van der Waals surface area contributed by atoms with Gasteiger partial charge in [-0.05, 0) is 74.5 Å². The van der Waals surface area contributed by atoms with E-state index in [0.717, 1.165) is 29.6 Å². The predicted octanol–water partition coefficient (Wildman–Crippen LogP) is 5.34. The summed E-state index contributed by atoms with van der Waals surface area (Å²) < 4.78 is 0. The van der Waals surface area contributed by atoms with Crippen LogP contribution in [-0.4, -0.2) is 0 Å². The largest absolute Gasteiger partial charge is 0.0847 e. The number of rotatable bonds is 0. The van der Waals surface area contributed by atoms with Gasteiger partial charge in [0.15, 0.2) is 0 Å². The summed E-state index contributed by atoms with van der Waals surface area (Å²) in [5.74, 6) is 5.47. The Kier molecular flexibility index (Phi) is 3.01. The third-order valence-corrected chi connectivity index (χ3v) is 6.81. The molecule has 3 fully saturated rings. The summed E-state index contributed by atoms with van der Waals surface area (Å²) in [6, 6.07) is 0. The van der Waals surface area contributed by atoms with E-state index < -0.39 is 0 Å². The van der Waals surface area contributed by atoms with Gasteiger partial charge in [0.05, 0.1) is 0 Å². The molecule has 18 heavy (non-hydrogen) atoms. The maximum atomic E-state index is 2.70. The fourth-order valence-corrected chi connectivity index (χ4v) is 6.04. The van der Waals surface area contributed by atoms with Crippen LogP contribution >= 0.6 is 0 Å². The lowest BCUT2D eigenvalue weighted by Gasteiger charge is -2.51. The Morgan fingerprint density at radius 2 is 1.61 bits per heavy atom. The molecule has 5 unspecified atom stereocenters. The van der Waals surface area contributed by atoms with Crippen molar-refractivity contribution >= 4 is 0 Å². The summed E-state index contributed by atoms with van der Waals surface area (Å²) in [6.07, 6.45) is 19.5. The van der Waals surface area contributed by atoms with Gasteiger partial charge in [-0.3, -0.25) is 0 Å². The fraction of sp³-hybridized carbons (Fsp3) is 0.889. The fourth-order valence-electron chi connectivity index (χ4n) is 6.04. The summed E-state index contributed by atoms with van der Waals surface area (Å²) in [4.78, 5) is 0. The Labute approximate surface area is 112 Å². The van der Waals surface area contributed by atoms with E-state index >= 15 is 0 Å². The summed E-state index contributed by atoms with van der Waals surface area (Å²) in [5.41, 5.74) is 1.89. The van der Waals surface area contributed by atoms with Crippen molar-refractivity contribution in [3.63, 3.8) is 0 Å². The lowest BCUT2D eigenvalue weighted by Crippen LogP contribution is -2.42. The van der Waals surface area contributed by atoms with Crippen LogP contribution in [0.2, 0.25) is 0 Å². The van der Waals surface area contributed by atoms with Crippen molar-refractivity contribution in [2.75, 3.05) is 0 Å². The Bertz CT molecular complexity index is 340. The van der Waals surface area contributed by atoms with E-state index in [1.165, 1.54) is 44.9 Å². The van der Waals surface area contributed by atoms with E-state index in [0.29, 0.717) is 0 Å². The highest BCUT2D eigenvalue weighted by Gasteiger charge is 2.45. The Hall–Kier alpha value is -0.260. The minimum atomic E-state index is 1.03. The first kappa shape index (κ1) is 11.6. The van der Waals surface area contributed by atoms with Gasteiger partial charge in [0.25, 0.3) is 0 Å². The van der Waals surface area contributed by atoms with Crippen molar-refractivity contribution in [1.29, 1.82) is 0 Å². The van der Waals surface area contributed by atoms with Gasteiger partial charge in [-0.15, -0.1) is 0 Å². The number of allylic oxidation sites excluding steroid dienone is 2. The van der Waals surface area contributed by atoms with Crippen LogP contribution in [0.15, 0.2) is 11.6 Å². The van der Waals surface area contributed by atoms with Crippen LogP contribution < -0.4 is 0 Å². The van der Waals surface area contributed by atoms with E-state index in [-0.39, 0.29) is 0 Å². The van der Waals surface area contributed by atoms with Crippen LogP contribution in [0.1, 0.15) is 70.6 Å². The normalized spacial score (nSPS) is 47.6. The quantitative estimate of drug-likeness (QED) is 0.505. The molecule has 0 saturated heterocycles. The summed E-state index contributed by atoms with van der Waals surface area (Å²) >= 11 is 0. The Morgan fingerprint density at radius 1 is 0.722 bits per heavy atom. The molecule has 4 rings (SSSR count). The lowest BCUT2D eigenvalue weighted by atomic mass is 9.54. The molecule has 4 aliphatic carbocycles. The molecular weight excluding hydrogens is 216 g/mol. The van der Waals surface area contributed by atoms with Gasteiger partial charge in [0, 0.05) is 0 Å². The topological polar surface area (TPSA) is 0 Å². The van der Waals surface area contributed by atoms with Crippen molar-refractivity contribution in [2.45, 2.75) is 70.6 Å². The van der Waals surface area contributed by atoms with Crippen LogP contribution in [0.25, 0.3) is 0 Å². The van der Waals surface area contributed by atoms with E-state index in [1.54, 1.807) is 25.7 Å². The molecule has 0 bridgehead atoms. The molecule has 0 nitrogen and oxygen atoms in total. The molecule has 3 saturated carbocycles. The van der Waals surface area contributed by atoms with Gasteiger partial charge < -0.3 is 0 Å². The molecule has 5 atom stereocenters. The third kappa shape index (κ3) is 1.79. The summed E-state index contributed by atoms with van der Waals surface area (Å²) in [7, 11) is 0. The predicted molar refractivity (Wildman–Crippen MR) is 76.3 cm³/mol. The van der Waals surface area contributed by atoms with Gasteiger partial charge in [-0.1, -0.05) is 37.3 Å². The van der Waals surface area contributed by atoms with Crippen LogP contribution in [0.4, 0.5) is 0 Å². The first-order valence-electron chi connectivity index (χ1n) is 8.62. The molecule has 0 amide bonds. The monoisotopic (exact) mass is 244 g/mol. The van der Waals surface area contributed by atoms with Crippen LogP contribution in [0, 0.1) is 29.6 Å². The van der Waals surface area contributed by atoms with Gasteiger partial charge >= 0.3 is 0 Å². The van der Waals surface area contributed by atoms with Gasteiger partial charge in [-0.25, -0.2) is 0 Å². The highest BCUT2D eigenvalue weighted by atomic mass is 14.5. The van der Waals surface area contributed by atoms with Gasteiger partial charge in [0.1, 0.15) is 0 Å². The molecule has 0 radical (unpaired) electrons. The molecule has 0 aliphatic heterocycles. The van der Waals surface area contributed by atoms with E-state index in [1.807, 2.05) is 5.57 Å². The number of hydrogen-bond donors (Lipinski definition) is 0. The second-order valence-corrected chi connectivity index (χ2v) is 7.48. The van der Waals surface area contributed by atoms with Gasteiger partial charge in [0.2, 0.25) is 0 Å². The van der Waals surface area contributed by atoms with Crippen molar-refractivity contribution in [3.8, 4) is 0 Å². The zero-order valence-electron chi connectivity index (χ0n) is 11.7. The maximum Gasteiger partial charge on any atom is -0.0172 e. The summed E-state index contributed by atoms with van der Waals surface area (Å²) in [5, 5.41) is 0. The molecule has 0 heteroatoms. The third-order valence-electron chi connectivity index (χ3n) is 6.81. The minimum absolute atomic E-state index is 1.03. The average molecular weight is 244 g/mol. The van der Waals surface area contributed by atoms with E-state index in [2.05, 4.69) is 6.08 Å². The highest BCUT2D eigenvalue weighted by Crippen LogP contribution is 2.55. The molecule has 4 aliphatic rings. The first-order valence-corrected chi connectivity index (χ1v) is 8.62. The van der Waals surface area contributed by atoms with Crippen LogP contribution in [0.3, 0.4) is 0 Å².